The highest BCUT2D eigenvalue weighted by molar-refractivity contribution is 7.16. The number of halogens is 1. The molecule has 1 aliphatic carbocycles. The zero-order valence-electron chi connectivity index (χ0n) is 9.74. The van der Waals surface area contributed by atoms with Crippen molar-refractivity contribution < 1.29 is 9.53 Å². The van der Waals surface area contributed by atoms with Gasteiger partial charge in [0.05, 0.1) is 4.34 Å². The SMILES string of the molecule is COC(CNC(=O)C1CCC1)c1ccc(Cl)s1. The average Bonchev–Trinajstić information content (AvgIpc) is 2.63. The van der Waals surface area contributed by atoms with E-state index in [1.807, 2.05) is 12.1 Å². The Morgan fingerprint density at radius 3 is 2.88 bits per heavy atom. The van der Waals surface area contributed by atoms with E-state index in [9.17, 15) is 4.79 Å². The van der Waals surface area contributed by atoms with Gasteiger partial charge in [-0.1, -0.05) is 18.0 Å². The molecule has 1 heterocycles. The van der Waals surface area contributed by atoms with E-state index in [-0.39, 0.29) is 17.9 Å². The van der Waals surface area contributed by atoms with Crippen LogP contribution < -0.4 is 5.32 Å². The van der Waals surface area contributed by atoms with E-state index in [1.54, 1.807) is 7.11 Å². The molecule has 0 aliphatic heterocycles. The summed E-state index contributed by atoms with van der Waals surface area (Å²) < 4.78 is 6.11. The number of carbonyl (C=O) groups excluding carboxylic acids is 1. The van der Waals surface area contributed by atoms with Crippen molar-refractivity contribution >= 4 is 28.8 Å². The topological polar surface area (TPSA) is 38.3 Å². The lowest BCUT2D eigenvalue weighted by Gasteiger charge is -2.25. The second-order valence-electron chi connectivity index (χ2n) is 4.24. The van der Waals surface area contributed by atoms with Crippen LogP contribution in [0.5, 0.6) is 0 Å². The third kappa shape index (κ3) is 3.21. The maximum Gasteiger partial charge on any atom is 0.223 e. The zero-order chi connectivity index (χ0) is 12.3. The smallest absolute Gasteiger partial charge is 0.223 e. The normalized spacial score (nSPS) is 17.5. The summed E-state index contributed by atoms with van der Waals surface area (Å²) in [5, 5.41) is 2.94. The molecule has 0 aromatic carbocycles. The van der Waals surface area contributed by atoms with Crippen LogP contribution in [0.1, 0.15) is 30.2 Å². The fourth-order valence-corrected chi connectivity index (χ4v) is 2.95. The lowest BCUT2D eigenvalue weighted by molar-refractivity contribution is -0.127. The van der Waals surface area contributed by atoms with E-state index in [0.717, 1.165) is 22.1 Å². The van der Waals surface area contributed by atoms with E-state index >= 15 is 0 Å². The van der Waals surface area contributed by atoms with E-state index < -0.39 is 0 Å². The van der Waals surface area contributed by atoms with Gasteiger partial charge in [-0.05, 0) is 25.0 Å². The third-order valence-electron chi connectivity index (χ3n) is 3.13. The van der Waals surface area contributed by atoms with Crippen molar-refractivity contribution in [3.8, 4) is 0 Å². The number of rotatable bonds is 5. The maximum atomic E-state index is 11.7. The molecule has 0 bridgehead atoms. The van der Waals surface area contributed by atoms with Crippen LogP contribution in [0, 0.1) is 5.92 Å². The Hall–Kier alpha value is -0.580. The van der Waals surface area contributed by atoms with Gasteiger partial charge in [0.2, 0.25) is 5.91 Å². The van der Waals surface area contributed by atoms with Crippen LogP contribution in [0.25, 0.3) is 0 Å². The number of carbonyl (C=O) groups is 1. The summed E-state index contributed by atoms with van der Waals surface area (Å²) >= 11 is 7.37. The molecule has 0 spiro atoms. The summed E-state index contributed by atoms with van der Waals surface area (Å²) in [5.74, 6) is 0.375. The van der Waals surface area contributed by atoms with Gasteiger partial charge >= 0.3 is 0 Å². The monoisotopic (exact) mass is 273 g/mol. The molecule has 1 N–H and O–H groups in total. The molecule has 0 radical (unpaired) electrons. The minimum absolute atomic E-state index is 0.100. The molecule has 1 amide bonds. The summed E-state index contributed by atoms with van der Waals surface area (Å²) in [6, 6.07) is 3.79. The molecular weight excluding hydrogens is 258 g/mol. The van der Waals surface area contributed by atoms with Crippen LogP contribution in [0.15, 0.2) is 12.1 Å². The van der Waals surface area contributed by atoms with Crippen molar-refractivity contribution in [2.45, 2.75) is 25.4 Å². The molecule has 1 atom stereocenters. The first kappa shape index (κ1) is 12.9. The molecule has 0 saturated heterocycles. The third-order valence-corrected chi connectivity index (χ3v) is 4.46. The summed E-state index contributed by atoms with van der Waals surface area (Å²) in [5.41, 5.74) is 0. The quantitative estimate of drug-likeness (QED) is 0.896. The fourth-order valence-electron chi connectivity index (χ4n) is 1.81. The molecular formula is C12H16ClNO2S. The number of ether oxygens (including phenoxy) is 1. The van der Waals surface area contributed by atoms with Gasteiger partial charge in [0, 0.05) is 24.4 Å². The lowest BCUT2D eigenvalue weighted by atomic mass is 9.85. The molecule has 2 rings (SSSR count). The molecule has 5 heteroatoms. The highest BCUT2D eigenvalue weighted by atomic mass is 35.5. The van der Waals surface area contributed by atoms with Crippen LogP contribution in [0.2, 0.25) is 4.34 Å². The Balaban J connectivity index is 1.85. The summed E-state index contributed by atoms with van der Waals surface area (Å²) in [6.07, 6.45) is 3.12. The van der Waals surface area contributed by atoms with Crippen LogP contribution in [0.4, 0.5) is 0 Å². The molecule has 1 aromatic rings. The van der Waals surface area contributed by atoms with E-state index in [1.165, 1.54) is 17.8 Å². The standard InChI is InChI=1S/C12H16ClNO2S/c1-16-9(10-5-6-11(13)17-10)7-14-12(15)8-3-2-4-8/h5-6,8-9H,2-4,7H2,1H3,(H,14,15). The average molecular weight is 274 g/mol. The predicted molar refractivity (Wildman–Crippen MR) is 69.4 cm³/mol. The lowest BCUT2D eigenvalue weighted by Crippen LogP contribution is -2.36. The van der Waals surface area contributed by atoms with Crippen LogP contribution >= 0.6 is 22.9 Å². The van der Waals surface area contributed by atoms with Crippen molar-refractivity contribution in [1.29, 1.82) is 0 Å². The highest BCUT2D eigenvalue weighted by Crippen LogP contribution is 2.29. The highest BCUT2D eigenvalue weighted by Gasteiger charge is 2.25. The minimum atomic E-state index is -0.100. The second-order valence-corrected chi connectivity index (χ2v) is 5.99. The molecule has 17 heavy (non-hydrogen) atoms. The fraction of sp³-hybridized carbons (Fsp3) is 0.583. The number of nitrogens with one attached hydrogen (secondary N) is 1. The Morgan fingerprint density at radius 2 is 2.41 bits per heavy atom. The molecule has 1 unspecified atom stereocenters. The van der Waals surface area contributed by atoms with Gasteiger partial charge in [0.25, 0.3) is 0 Å². The predicted octanol–water partition coefficient (Wildman–Crippen LogP) is 3.01. The second kappa shape index (κ2) is 5.85. The van der Waals surface area contributed by atoms with E-state index in [4.69, 9.17) is 16.3 Å². The first-order chi connectivity index (χ1) is 8.20. The molecule has 1 fully saturated rings. The van der Waals surface area contributed by atoms with Gasteiger partial charge in [0.1, 0.15) is 6.10 Å². The minimum Gasteiger partial charge on any atom is -0.374 e. The molecule has 1 aliphatic rings. The number of hydrogen-bond donors (Lipinski definition) is 1. The van der Waals surface area contributed by atoms with Crippen LogP contribution in [0.3, 0.4) is 0 Å². The van der Waals surface area contributed by atoms with Gasteiger partial charge in [-0.25, -0.2) is 0 Å². The summed E-state index contributed by atoms with van der Waals surface area (Å²) in [4.78, 5) is 12.7. The van der Waals surface area contributed by atoms with Crippen molar-refractivity contribution in [3.63, 3.8) is 0 Å². The number of methoxy groups -OCH3 is 1. The van der Waals surface area contributed by atoms with Crippen LogP contribution in [-0.2, 0) is 9.53 Å². The maximum absolute atomic E-state index is 11.7. The van der Waals surface area contributed by atoms with Crippen molar-refractivity contribution in [3.05, 3.63) is 21.3 Å². The van der Waals surface area contributed by atoms with Crippen molar-refractivity contribution in [2.75, 3.05) is 13.7 Å². The van der Waals surface area contributed by atoms with Gasteiger partial charge in [-0.2, -0.15) is 0 Å². The Bertz CT molecular complexity index is 390. The number of thiophene rings is 1. The van der Waals surface area contributed by atoms with Crippen LogP contribution in [-0.4, -0.2) is 19.6 Å². The first-order valence-corrected chi connectivity index (χ1v) is 6.96. The summed E-state index contributed by atoms with van der Waals surface area (Å²) in [7, 11) is 1.65. The Kier molecular flexibility index (Phi) is 4.42. The van der Waals surface area contributed by atoms with E-state index in [0.29, 0.717) is 6.54 Å². The molecule has 1 aromatic heterocycles. The zero-order valence-corrected chi connectivity index (χ0v) is 11.3. The largest absolute Gasteiger partial charge is 0.374 e. The van der Waals surface area contributed by atoms with Gasteiger partial charge in [-0.3, -0.25) is 4.79 Å². The van der Waals surface area contributed by atoms with Crippen molar-refractivity contribution in [1.82, 2.24) is 5.32 Å². The Labute approximate surface area is 110 Å². The Morgan fingerprint density at radius 1 is 1.65 bits per heavy atom. The molecule has 3 nitrogen and oxygen atoms in total. The first-order valence-electron chi connectivity index (χ1n) is 5.76. The number of amides is 1. The number of hydrogen-bond acceptors (Lipinski definition) is 3. The molecule has 1 saturated carbocycles. The summed E-state index contributed by atoms with van der Waals surface area (Å²) in [6.45, 7) is 0.517. The van der Waals surface area contributed by atoms with Gasteiger partial charge in [0.15, 0.2) is 0 Å². The van der Waals surface area contributed by atoms with Gasteiger partial charge < -0.3 is 10.1 Å². The molecule has 94 valence electrons. The van der Waals surface area contributed by atoms with E-state index in [2.05, 4.69) is 5.32 Å². The van der Waals surface area contributed by atoms with Gasteiger partial charge in [-0.15, -0.1) is 11.3 Å². The van der Waals surface area contributed by atoms with Crippen molar-refractivity contribution in [2.24, 2.45) is 5.92 Å².